The van der Waals surface area contributed by atoms with E-state index in [0.717, 1.165) is 43.4 Å². The molecular weight excluding hydrogens is 380 g/mol. The van der Waals surface area contributed by atoms with Crippen molar-refractivity contribution < 1.29 is 10.2 Å². The van der Waals surface area contributed by atoms with Gasteiger partial charge in [0.1, 0.15) is 0 Å². The highest BCUT2D eigenvalue weighted by molar-refractivity contribution is 5.29. The van der Waals surface area contributed by atoms with Gasteiger partial charge in [-0.15, -0.1) is 0 Å². The van der Waals surface area contributed by atoms with Crippen LogP contribution in [0.25, 0.3) is 0 Å². The number of aliphatic hydroxyl groups excluding tert-OH is 1. The van der Waals surface area contributed by atoms with Gasteiger partial charge in [-0.2, -0.15) is 0 Å². The van der Waals surface area contributed by atoms with E-state index in [4.69, 9.17) is 0 Å². The molecule has 2 N–H and O–H groups in total. The van der Waals surface area contributed by atoms with Crippen LogP contribution in [0.5, 0.6) is 0 Å². The van der Waals surface area contributed by atoms with Crippen molar-refractivity contribution >= 4 is 0 Å². The molecule has 3 fully saturated rings. The Morgan fingerprint density at radius 2 is 1.77 bits per heavy atom. The van der Waals surface area contributed by atoms with Crippen molar-refractivity contribution in [3.63, 3.8) is 0 Å². The Kier molecular flexibility index (Phi) is 6.50. The van der Waals surface area contributed by atoms with Gasteiger partial charge < -0.3 is 10.2 Å². The van der Waals surface area contributed by atoms with Crippen LogP contribution in [-0.4, -0.2) is 21.9 Å². The fourth-order valence-corrected chi connectivity index (χ4v) is 8.86. The van der Waals surface area contributed by atoms with E-state index in [-0.39, 0.29) is 6.10 Å². The molecule has 0 bridgehead atoms. The summed E-state index contributed by atoms with van der Waals surface area (Å²) in [5.74, 6) is 4.19. The minimum atomic E-state index is -0.408. The molecule has 4 rings (SSSR count). The molecule has 2 nitrogen and oxygen atoms in total. The second kappa shape index (κ2) is 8.46. The Hall–Kier alpha value is -0.340. The summed E-state index contributed by atoms with van der Waals surface area (Å²) in [4.78, 5) is 0. The lowest BCUT2D eigenvalue weighted by atomic mass is 9.47. The lowest BCUT2D eigenvalue weighted by Crippen LogP contribution is -2.51. The molecule has 0 saturated heterocycles. The minimum Gasteiger partial charge on any atom is -0.393 e. The Balaban J connectivity index is 1.51. The molecule has 9 atom stereocenters. The molecule has 0 spiro atoms. The molecule has 178 valence electrons. The zero-order valence-corrected chi connectivity index (χ0v) is 21.3. The number of hydrogen-bond donors (Lipinski definition) is 2. The van der Waals surface area contributed by atoms with Crippen molar-refractivity contribution in [1.82, 2.24) is 0 Å². The largest absolute Gasteiger partial charge is 0.393 e. The maximum atomic E-state index is 11.0. The van der Waals surface area contributed by atoms with Crippen LogP contribution in [0.4, 0.5) is 0 Å². The van der Waals surface area contributed by atoms with E-state index < -0.39 is 5.60 Å². The zero-order valence-electron chi connectivity index (χ0n) is 21.3. The third-order valence-corrected chi connectivity index (χ3v) is 11.3. The quantitative estimate of drug-likeness (QED) is 0.440. The van der Waals surface area contributed by atoms with E-state index in [1.165, 1.54) is 44.9 Å². The zero-order chi connectivity index (χ0) is 22.6. The lowest BCUT2D eigenvalue weighted by molar-refractivity contribution is -0.0771. The Bertz CT molecular complexity index is 682. The molecular formula is C29H50O2. The van der Waals surface area contributed by atoms with Crippen LogP contribution in [-0.2, 0) is 0 Å². The number of rotatable bonds is 6. The SMILES string of the molecule is CC[C@]1(O)CC[C@]2(C)C3=CC[C@]4(C)[C@@H]([C@H](C)CC[C@@H](O)C(C)C)CC[C@H]4[C@@H]3CC[C@H]2C1. The van der Waals surface area contributed by atoms with E-state index in [1.807, 2.05) is 0 Å². The fraction of sp³-hybridized carbons (Fsp3) is 0.931. The van der Waals surface area contributed by atoms with E-state index in [0.29, 0.717) is 28.6 Å². The van der Waals surface area contributed by atoms with E-state index in [1.54, 1.807) is 5.57 Å². The van der Waals surface area contributed by atoms with E-state index in [9.17, 15) is 10.2 Å². The predicted molar refractivity (Wildman–Crippen MR) is 130 cm³/mol. The first-order valence-electron chi connectivity index (χ1n) is 13.6. The molecule has 4 aliphatic carbocycles. The smallest absolute Gasteiger partial charge is 0.0648 e. The van der Waals surface area contributed by atoms with Gasteiger partial charge in [0.05, 0.1) is 11.7 Å². The van der Waals surface area contributed by atoms with Gasteiger partial charge in [0.15, 0.2) is 0 Å². The molecule has 2 heteroatoms. The molecule has 0 aromatic carbocycles. The minimum absolute atomic E-state index is 0.145. The van der Waals surface area contributed by atoms with Crippen molar-refractivity contribution in [2.75, 3.05) is 0 Å². The fourth-order valence-electron chi connectivity index (χ4n) is 8.86. The Labute approximate surface area is 192 Å². The van der Waals surface area contributed by atoms with Crippen molar-refractivity contribution in [1.29, 1.82) is 0 Å². The molecule has 0 amide bonds. The number of hydrogen-bond acceptors (Lipinski definition) is 2. The normalized spacial score (nSPS) is 46.7. The molecule has 0 unspecified atom stereocenters. The van der Waals surface area contributed by atoms with Crippen LogP contribution in [0.3, 0.4) is 0 Å². The summed E-state index contributed by atoms with van der Waals surface area (Å²) >= 11 is 0. The van der Waals surface area contributed by atoms with Crippen molar-refractivity contribution in [2.45, 2.75) is 124 Å². The molecule has 0 aromatic heterocycles. The van der Waals surface area contributed by atoms with Crippen LogP contribution in [0.2, 0.25) is 0 Å². The standard InChI is InChI=1S/C29H50O2/c1-7-29(31)17-16-27(5)21(18-29)9-10-22-24-12-11-23(28(24,6)15-14-25(22)27)20(4)8-13-26(30)19(2)3/h14,19-24,26,30-31H,7-13,15-18H2,1-6H3/t20-,21+,22+,23-,24+,26-,27+,28-,29+/m1/s1. The molecule has 0 radical (unpaired) electrons. The summed E-state index contributed by atoms with van der Waals surface area (Å²) in [5.41, 5.74) is 2.16. The Morgan fingerprint density at radius 3 is 2.45 bits per heavy atom. The molecule has 0 heterocycles. The van der Waals surface area contributed by atoms with E-state index >= 15 is 0 Å². The van der Waals surface area contributed by atoms with Gasteiger partial charge in [-0.3, -0.25) is 0 Å². The highest BCUT2D eigenvalue weighted by atomic mass is 16.3. The summed E-state index contributed by atoms with van der Waals surface area (Å²) < 4.78 is 0. The predicted octanol–water partition coefficient (Wildman–Crippen LogP) is 7.14. The summed E-state index contributed by atoms with van der Waals surface area (Å²) in [5, 5.41) is 21.3. The first-order valence-corrected chi connectivity index (χ1v) is 13.6. The first-order chi connectivity index (χ1) is 14.5. The number of aliphatic hydroxyl groups is 2. The monoisotopic (exact) mass is 430 g/mol. The molecule has 0 aromatic rings. The Morgan fingerprint density at radius 1 is 1.03 bits per heavy atom. The van der Waals surface area contributed by atoms with Crippen LogP contribution >= 0.6 is 0 Å². The average Bonchev–Trinajstić information content (AvgIpc) is 3.09. The van der Waals surface area contributed by atoms with Gasteiger partial charge in [0, 0.05) is 0 Å². The summed E-state index contributed by atoms with van der Waals surface area (Å²) in [6.07, 6.45) is 15.5. The van der Waals surface area contributed by atoms with Crippen LogP contribution < -0.4 is 0 Å². The van der Waals surface area contributed by atoms with Crippen LogP contribution in [0.15, 0.2) is 11.6 Å². The van der Waals surface area contributed by atoms with Crippen LogP contribution in [0.1, 0.15) is 112 Å². The topological polar surface area (TPSA) is 40.5 Å². The molecule has 0 aliphatic heterocycles. The summed E-state index contributed by atoms with van der Waals surface area (Å²) in [6, 6.07) is 0. The van der Waals surface area contributed by atoms with Crippen LogP contribution in [0, 0.1) is 46.3 Å². The average molecular weight is 431 g/mol. The third kappa shape index (κ3) is 3.96. The summed E-state index contributed by atoms with van der Waals surface area (Å²) in [7, 11) is 0. The van der Waals surface area contributed by atoms with Gasteiger partial charge in [-0.1, -0.05) is 53.2 Å². The van der Waals surface area contributed by atoms with Gasteiger partial charge in [-0.05, 0) is 117 Å². The first kappa shape index (κ1) is 23.8. The number of allylic oxidation sites excluding steroid dienone is 2. The van der Waals surface area contributed by atoms with Crippen molar-refractivity contribution in [3.8, 4) is 0 Å². The van der Waals surface area contributed by atoms with Crippen molar-refractivity contribution in [3.05, 3.63) is 11.6 Å². The second-order valence-corrected chi connectivity index (χ2v) is 13.1. The van der Waals surface area contributed by atoms with E-state index in [2.05, 4.69) is 47.6 Å². The third-order valence-electron chi connectivity index (χ3n) is 11.3. The highest BCUT2D eigenvalue weighted by Crippen LogP contribution is 2.67. The maximum absolute atomic E-state index is 11.0. The summed E-state index contributed by atoms with van der Waals surface area (Å²) in [6.45, 7) is 14.1. The van der Waals surface area contributed by atoms with Gasteiger partial charge in [0.2, 0.25) is 0 Å². The highest BCUT2D eigenvalue weighted by Gasteiger charge is 2.58. The molecule has 4 aliphatic rings. The van der Waals surface area contributed by atoms with Gasteiger partial charge in [-0.25, -0.2) is 0 Å². The second-order valence-electron chi connectivity index (χ2n) is 13.1. The molecule has 3 saturated carbocycles. The molecule has 31 heavy (non-hydrogen) atoms. The maximum Gasteiger partial charge on any atom is 0.0648 e. The van der Waals surface area contributed by atoms with Gasteiger partial charge >= 0.3 is 0 Å². The van der Waals surface area contributed by atoms with Gasteiger partial charge in [0.25, 0.3) is 0 Å². The number of fused-ring (bicyclic) bond motifs is 5. The van der Waals surface area contributed by atoms with Crippen molar-refractivity contribution in [2.24, 2.45) is 46.3 Å². The lowest BCUT2D eigenvalue weighted by Gasteiger charge is -2.58.